The summed E-state index contributed by atoms with van der Waals surface area (Å²) in [6.45, 7) is 8.64. The van der Waals surface area contributed by atoms with Crippen LogP contribution < -0.4 is 5.32 Å². The Bertz CT molecular complexity index is 406. The summed E-state index contributed by atoms with van der Waals surface area (Å²) in [4.78, 5) is 0. The van der Waals surface area contributed by atoms with Crippen LogP contribution in [0, 0.1) is 12.8 Å². The summed E-state index contributed by atoms with van der Waals surface area (Å²) < 4.78 is 0. The maximum Gasteiger partial charge on any atom is 0.121 e. The first-order valence-corrected chi connectivity index (χ1v) is 7.11. The van der Waals surface area contributed by atoms with E-state index in [-0.39, 0.29) is 0 Å². The van der Waals surface area contributed by atoms with Crippen molar-refractivity contribution in [1.82, 2.24) is 5.32 Å². The highest BCUT2D eigenvalue weighted by Crippen LogP contribution is 2.33. The molecule has 0 amide bonds. The molecule has 0 spiro atoms. The topological polar surface area (TPSA) is 32.3 Å². The molecule has 0 unspecified atom stereocenters. The molecule has 1 fully saturated rings. The first-order chi connectivity index (χ1) is 8.59. The summed E-state index contributed by atoms with van der Waals surface area (Å²) in [5, 5.41) is 13.7. The molecule has 0 bridgehead atoms. The Morgan fingerprint density at radius 1 is 1.28 bits per heavy atom. The van der Waals surface area contributed by atoms with Crippen molar-refractivity contribution in [3.8, 4) is 5.75 Å². The van der Waals surface area contributed by atoms with E-state index in [0.29, 0.717) is 11.7 Å². The van der Waals surface area contributed by atoms with Crippen LogP contribution in [-0.4, -0.2) is 18.2 Å². The van der Waals surface area contributed by atoms with Crippen LogP contribution in [0.5, 0.6) is 5.75 Å². The molecule has 1 aliphatic heterocycles. The van der Waals surface area contributed by atoms with Gasteiger partial charge in [0.2, 0.25) is 0 Å². The number of hydrogen-bond donors (Lipinski definition) is 2. The standard InChI is InChI=1S/C16H25NO/c1-11(2)14-5-4-12(3)16(18)15(14)10-13-6-8-17-9-7-13/h4-5,11,13,17-18H,6-10H2,1-3H3. The van der Waals surface area contributed by atoms with Crippen LogP contribution in [0.3, 0.4) is 0 Å². The second-order valence-electron chi connectivity index (χ2n) is 5.85. The van der Waals surface area contributed by atoms with E-state index in [1.54, 1.807) is 0 Å². The minimum atomic E-state index is 0.480. The van der Waals surface area contributed by atoms with Crippen LogP contribution in [0.2, 0.25) is 0 Å². The fourth-order valence-corrected chi connectivity index (χ4v) is 2.90. The summed E-state index contributed by atoms with van der Waals surface area (Å²) in [6, 6.07) is 4.23. The minimum Gasteiger partial charge on any atom is -0.507 e. The summed E-state index contributed by atoms with van der Waals surface area (Å²) in [5.74, 6) is 1.73. The number of piperidine rings is 1. The number of benzene rings is 1. The van der Waals surface area contributed by atoms with Crippen LogP contribution in [0.15, 0.2) is 12.1 Å². The van der Waals surface area contributed by atoms with Crippen LogP contribution in [0.4, 0.5) is 0 Å². The molecule has 2 N–H and O–H groups in total. The number of aromatic hydroxyl groups is 1. The summed E-state index contributed by atoms with van der Waals surface area (Å²) in [6.07, 6.45) is 3.48. The molecule has 100 valence electrons. The molecular formula is C16H25NO. The molecule has 0 atom stereocenters. The fraction of sp³-hybridized carbons (Fsp3) is 0.625. The highest BCUT2D eigenvalue weighted by Gasteiger charge is 2.19. The Morgan fingerprint density at radius 2 is 1.94 bits per heavy atom. The van der Waals surface area contributed by atoms with E-state index in [1.165, 1.54) is 24.0 Å². The highest BCUT2D eigenvalue weighted by atomic mass is 16.3. The maximum absolute atomic E-state index is 10.3. The number of phenols is 1. The van der Waals surface area contributed by atoms with Gasteiger partial charge in [0.25, 0.3) is 0 Å². The predicted molar refractivity (Wildman–Crippen MR) is 76.2 cm³/mol. The number of aryl methyl sites for hydroxylation is 1. The van der Waals surface area contributed by atoms with E-state index in [0.717, 1.165) is 31.0 Å². The molecule has 2 heteroatoms. The normalized spacial score (nSPS) is 17.3. The second kappa shape index (κ2) is 5.75. The van der Waals surface area contributed by atoms with E-state index in [4.69, 9.17) is 0 Å². The van der Waals surface area contributed by atoms with Crippen molar-refractivity contribution < 1.29 is 5.11 Å². The molecule has 0 radical (unpaired) electrons. The minimum absolute atomic E-state index is 0.480. The molecule has 2 nitrogen and oxygen atoms in total. The van der Waals surface area contributed by atoms with Crippen LogP contribution in [0.25, 0.3) is 0 Å². The van der Waals surface area contributed by atoms with Crippen molar-refractivity contribution in [2.45, 2.75) is 46.0 Å². The van der Waals surface area contributed by atoms with Gasteiger partial charge in [-0.25, -0.2) is 0 Å². The highest BCUT2D eigenvalue weighted by molar-refractivity contribution is 5.46. The van der Waals surface area contributed by atoms with Crippen LogP contribution in [0.1, 0.15) is 49.3 Å². The smallest absolute Gasteiger partial charge is 0.121 e. The zero-order valence-electron chi connectivity index (χ0n) is 11.8. The number of hydrogen-bond acceptors (Lipinski definition) is 2. The van der Waals surface area contributed by atoms with Gasteiger partial charge in [0.05, 0.1) is 0 Å². The van der Waals surface area contributed by atoms with Crippen molar-refractivity contribution in [1.29, 1.82) is 0 Å². The lowest BCUT2D eigenvalue weighted by molar-refractivity contribution is 0.364. The predicted octanol–water partition coefficient (Wildman–Crippen LogP) is 3.37. The molecule has 0 aromatic heterocycles. The third kappa shape index (κ3) is 2.86. The van der Waals surface area contributed by atoms with Gasteiger partial charge in [-0.2, -0.15) is 0 Å². The summed E-state index contributed by atoms with van der Waals surface area (Å²) >= 11 is 0. The number of rotatable bonds is 3. The Morgan fingerprint density at radius 3 is 2.56 bits per heavy atom. The SMILES string of the molecule is Cc1ccc(C(C)C)c(CC2CCNCC2)c1O. The molecule has 1 aromatic carbocycles. The van der Waals surface area contributed by atoms with Crippen molar-refractivity contribution >= 4 is 0 Å². The van der Waals surface area contributed by atoms with Gasteiger partial charge >= 0.3 is 0 Å². The molecule has 1 heterocycles. The van der Waals surface area contributed by atoms with Crippen molar-refractivity contribution in [2.75, 3.05) is 13.1 Å². The Labute approximate surface area is 110 Å². The Kier molecular flexibility index (Phi) is 4.28. The monoisotopic (exact) mass is 247 g/mol. The van der Waals surface area contributed by atoms with Gasteiger partial charge in [0.1, 0.15) is 5.75 Å². The first kappa shape index (κ1) is 13.4. The molecule has 2 rings (SSSR count). The molecule has 0 saturated carbocycles. The van der Waals surface area contributed by atoms with Crippen molar-refractivity contribution in [2.24, 2.45) is 5.92 Å². The van der Waals surface area contributed by atoms with E-state index >= 15 is 0 Å². The summed E-state index contributed by atoms with van der Waals surface area (Å²) in [5.41, 5.74) is 3.51. The van der Waals surface area contributed by atoms with Gasteiger partial charge in [-0.1, -0.05) is 26.0 Å². The quantitative estimate of drug-likeness (QED) is 0.858. The van der Waals surface area contributed by atoms with Crippen LogP contribution >= 0.6 is 0 Å². The molecule has 0 aliphatic carbocycles. The fourth-order valence-electron chi connectivity index (χ4n) is 2.90. The van der Waals surface area contributed by atoms with Gasteiger partial charge < -0.3 is 10.4 Å². The zero-order chi connectivity index (χ0) is 13.1. The van der Waals surface area contributed by atoms with E-state index in [2.05, 4.69) is 25.2 Å². The van der Waals surface area contributed by atoms with Gasteiger partial charge in [-0.3, -0.25) is 0 Å². The molecule has 1 saturated heterocycles. The van der Waals surface area contributed by atoms with Gasteiger partial charge in [-0.15, -0.1) is 0 Å². The third-order valence-electron chi connectivity index (χ3n) is 4.09. The van der Waals surface area contributed by atoms with E-state index in [1.807, 2.05) is 13.0 Å². The Balaban J connectivity index is 2.26. The van der Waals surface area contributed by atoms with E-state index < -0.39 is 0 Å². The van der Waals surface area contributed by atoms with Gasteiger partial charge in [0, 0.05) is 0 Å². The lowest BCUT2D eigenvalue weighted by Gasteiger charge is -2.25. The molecule has 1 aromatic rings. The van der Waals surface area contributed by atoms with Gasteiger partial charge in [0.15, 0.2) is 0 Å². The van der Waals surface area contributed by atoms with Crippen LogP contribution in [-0.2, 0) is 6.42 Å². The van der Waals surface area contributed by atoms with Crippen molar-refractivity contribution in [3.05, 3.63) is 28.8 Å². The maximum atomic E-state index is 10.3. The Hall–Kier alpha value is -1.02. The summed E-state index contributed by atoms with van der Waals surface area (Å²) in [7, 11) is 0. The van der Waals surface area contributed by atoms with E-state index in [9.17, 15) is 5.11 Å². The number of phenolic OH excluding ortho intramolecular Hbond substituents is 1. The number of nitrogens with one attached hydrogen (secondary N) is 1. The average molecular weight is 247 g/mol. The van der Waals surface area contributed by atoms with Crippen molar-refractivity contribution in [3.63, 3.8) is 0 Å². The lowest BCUT2D eigenvalue weighted by Crippen LogP contribution is -2.28. The molecule has 1 aliphatic rings. The lowest BCUT2D eigenvalue weighted by atomic mass is 9.85. The largest absolute Gasteiger partial charge is 0.507 e. The third-order valence-corrected chi connectivity index (χ3v) is 4.09. The molecular weight excluding hydrogens is 222 g/mol. The molecule has 18 heavy (non-hydrogen) atoms. The second-order valence-corrected chi connectivity index (χ2v) is 5.85. The average Bonchev–Trinajstić information content (AvgIpc) is 2.36. The first-order valence-electron chi connectivity index (χ1n) is 7.11. The zero-order valence-corrected chi connectivity index (χ0v) is 11.8. The van der Waals surface area contributed by atoms with Gasteiger partial charge in [-0.05, 0) is 67.8 Å².